The van der Waals surface area contributed by atoms with E-state index in [1.165, 1.54) is 19.4 Å². The van der Waals surface area contributed by atoms with Gasteiger partial charge < -0.3 is 13.9 Å². The molecule has 0 bridgehead atoms. The molecule has 0 atom stereocenters. The molecule has 0 spiro atoms. The van der Waals surface area contributed by atoms with Crippen molar-refractivity contribution in [3.63, 3.8) is 0 Å². The SMILES string of the molecule is COc1cc(/C=C2\SC(=O)N(Cc3ccccc3Cl)C2=O)ccc1OC(=O)c1ccco1. The molecule has 3 aromatic rings. The van der Waals surface area contributed by atoms with Gasteiger partial charge in [-0.05, 0) is 59.3 Å². The lowest BCUT2D eigenvalue weighted by Gasteiger charge is -2.13. The maximum absolute atomic E-state index is 12.8. The lowest BCUT2D eigenvalue weighted by atomic mass is 10.1. The molecule has 0 N–H and O–H groups in total. The predicted molar refractivity (Wildman–Crippen MR) is 120 cm³/mol. The molecule has 0 aliphatic carbocycles. The zero-order valence-electron chi connectivity index (χ0n) is 16.7. The molecule has 1 saturated heterocycles. The van der Waals surface area contributed by atoms with Crippen LogP contribution in [0.4, 0.5) is 4.79 Å². The van der Waals surface area contributed by atoms with Crippen LogP contribution in [-0.2, 0) is 11.3 Å². The van der Waals surface area contributed by atoms with Gasteiger partial charge in [-0.15, -0.1) is 0 Å². The van der Waals surface area contributed by atoms with E-state index in [4.69, 9.17) is 25.5 Å². The third-order valence-corrected chi connectivity index (χ3v) is 5.85. The van der Waals surface area contributed by atoms with Gasteiger partial charge in [-0.25, -0.2) is 4.79 Å². The van der Waals surface area contributed by atoms with Crippen LogP contribution in [0.5, 0.6) is 11.5 Å². The van der Waals surface area contributed by atoms with Crippen LogP contribution in [0.25, 0.3) is 6.08 Å². The van der Waals surface area contributed by atoms with E-state index in [1.54, 1.807) is 54.6 Å². The summed E-state index contributed by atoms with van der Waals surface area (Å²) in [6.07, 6.45) is 2.95. The second-order valence-electron chi connectivity index (χ2n) is 6.64. The van der Waals surface area contributed by atoms with Crippen molar-refractivity contribution < 1.29 is 28.3 Å². The largest absolute Gasteiger partial charge is 0.493 e. The number of nitrogens with zero attached hydrogens (tertiary/aromatic N) is 1. The highest BCUT2D eigenvalue weighted by Gasteiger charge is 2.35. The molecule has 4 rings (SSSR count). The minimum Gasteiger partial charge on any atom is -0.493 e. The molecule has 0 saturated carbocycles. The molecule has 7 nitrogen and oxygen atoms in total. The first-order chi connectivity index (χ1) is 15.5. The molecular formula is C23H16ClNO6S. The number of halogens is 1. The molecule has 9 heteroatoms. The molecule has 2 amide bonds. The second kappa shape index (κ2) is 9.33. The number of benzene rings is 2. The van der Waals surface area contributed by atoms with E-state index in [0.717, 1.165) is 16.7 Å². The minimum atomic E-state index is -0.665. The van der Waals surface area contributed by atoms with Crippen LogP contribution < -0.4 is 9.47 Å². The molecule has 1 fully saturated rings. The highest BCUT2D eigenvalue weighted by atomic mass is 35.5. The number of methoxy groups -OCH3 is 1. The zero-order chi connectivity index (χ0) is 22.7. The third-order valence-electron chi connectivity index (χ3n) is 4.57. The number of esters is 1. The summed E-state index contributed by atoms with van der Waals surface area (Å²) in [5.41, 5.74) is 1.28. The number of ether oxygens (including phenoxy) is 2. The summed E-state index contributed by atoms with van der Waals surface area (Å²) in [6.45, 7) is 0.0900. The lowest BCUT2D eigenvalue weighted by molar-refractivity contribution is -0.123. The van der Waals surface area contributed by atoms with Gasteiger partial charge in [0.2, 0.25) is 5.76 Å². The minimum absolute atomic E-state index is 0.0586. The molecule has 1 aromatic heterocycles. The zero-order valence-corrected chi connectivity index (χ0v) is 18.3. The van der Waals surface area contributed by atoms with Gasteiger partial charge in [-0.3, -0.25) is 14.5 Å². The van der Waals surface area contributed by atoms with Crippen molar-refractivity contribution in [1.29, 1.82) is 0 Å². The van der Waals surface area contributed by atoms with Crippen molar-refractivity contribution in [3.8, 4) is 11.5 Å². The fourth-order valence-corrected chi connectivity index (χ4v) is 4.02. The molecular weight excluding hydrogens is 454 g/mol. The monoisotopic (exact) mass is 469 g/mol. The lowest BCUT2D eigenvalue weighted by Crippen LogP contribution is -2.27. The first-order valence-electron chi connectivity index (χ1n) is 9.39. The van der Waals surface area contributed by atoms with Crippen molar-refractivity contribution in [1.82, 2.24) is 4.90 Å². The highest BCUT2D eigenvalue weighted by Crippen LogP contribution is 2.36. The van der Waals surface area contributed by atoms with E-state index in [0.29, 0.717) is 16.1 Å². The smallest absolute Gasteiger partial charge is 0.379 e. The van der Waals surface area contributed by atoms with E-state index in [1.807, 2.05) is 0 Å². The third kappa shape index (κ3) is 4.56. The second-order valence-corrected chi connectivity index (χ2v) is 8.04. The van der Waals surface area contributed by atoms with Crippen LogP contribution in [0.15, 0.2) is 70.2 Å². The number of carbonyl (C=O) groups excluding carboxylic acids is 3. The van der Waals surface area contributed by atoms with Crippen LogP contribution in [0.2, 0.25) is 5.02 Å². The van der Waals surface area contributed by atoms with Crippen LogP contribution in [0.1, 0.15) is 21.7 Å². The predicted octanol–water partition coefficient (Wildman–Crippen LogP) is 5.40. The molecule has 2 aromatic carbocycles. The van der Waals surface area contributed by atoms with E-state index in [-0.39, 0.29) is 33.9 Å². The van der Waals surface area contributed by atoms with Gasteiger partial charge >= 0.3 is 5.97 Å². The summed E-state index contributed by atoms with van der Waals surface area (Å²) in [4.78, 5) is 38.7. The van der Waals surface area contributed by atoms with Gasteiger partial charge in [0.05, 0.1) is 24.8 Å². The number of amides is 2. The first-order valence-corrected chi connectivity index (χ1v) is 10.6. The number of hydrogen-bond acceptors (Lipinski definition) is 7. The summed E-state index contributed by atoms with van der Waals surface area (Å²) < 4.78 is 15.6. The number of furan rings is 1. The Labute approximate surface area is 192 Å². The maximum atomic E-state index is 12.8. The Morgan fingerprint density at radius 2 is 1.94 bits per heavy atom. The molecule has 32 heavy (non-hydrogen) atoms. The van der Waals surface area contributed by atoms with Gasteiger partial charge in [-0.1, -0.05) is 35.9 Å². The van der Waals surface area contributed by atoms with Crippen molar-refractivity contribution in [2.45, 2.75) is 6.54 Å². The van der Waals surface area contributed by atoms with Crippen molar-refractivity contribution >= 4 is 46.6 Å². The maximum Gasteiger partial charge on any atom is 0.379 e. The molecule has 162 valence electrons. The highest BCUT2D eigenvalue weighted by molar-refractivity contribution is 8.18. The Kier molecular flexibility index (Phi) is 6.34. The van der Waals surface area contributed by atoms with E-state index in [9.17, 15) is 14.4 Å². The van der Waals surface area contributed by atoms with Gasteiger partial charge in [0.1, 0.15) is 0 Å². The summed E-state index contributed by atoms with van der Waals surface area (Å²) >= 11 is 7.00. The van der Waals surface area contributed by atoms with Gasteiger partial charge in [0.25, 0.3) is 11.1 Å². The number of carbonyl (C=O) groups is 3. The van der Waals surface area contributed by atoms with E-state index < -0.39 is 11.9 Å². The van der Waals surface area contributed by atoms with Gasteiger partial charge in [0, 0.05) is 5.02 Å². The van der Waals surface area contributed by atoms with Crippen LogP contribution in [0.3, 0.4) is 0 Å². The van der Waals surface area contributed by atoms with Gasteiger partial charge in [-0.2, -0.15) is 0 Å². The Hall–Kier alpha value is -3.49. The quantitative estimate of drug-likeness (QED) is 0.271. The molecule has 1 aliphatic heterocycles. The standard InChI is InChI=1S/C23H16ClNO6S/c1-29-19-11-14(8-9-17(19)31-22(27)18-7-4-10-30-18)12-20-21(26)25(23(28)32-20)13-15-5-2-3-6-16(15)24/h2-12H,13H2,1H3/b20-12-. The normalized spacial score (nSPS) is 14.8. The molecule has 1 aliphatic rings. The van der Waals surface area contributed by atoms with Crippen LogP contribution >= 0.6 is 23.4 Å². The fourth-order valence-electron chi connectivity index (χ4n) is 2.99. The number of rotatable bonds is 6. The summed E-state index contributed by atoms with van der Waals surface area (Å²) in [7, 11) is 1.43. The average Bonchev–Trinajstić information content (AvgIpc) is 3.41. The van der Waals surface area contributed by atoms with Crippen LogP contribution in [0, 0.1) is 0 Å². The topological polar surface area (TPSA) is 86.0 Å². The fraction of sp³-hybridized carbons (Fsp3) is 0.0870. The molecule has 0 radical (unpaired) electrons. The van der Waals surface area contributed by atoms with Crippen molar-refractivity contribution in [2.75, 3.05) is 7.11 Å². The summed E-state index contributed by atoms with van der Waals surface area (Å²) in [5.74, 6) is -0.538. The molecule has 2 heterocycles. The average molecular weight is 470 g/mol. The van der Waals surface area contributed by atoms with E-state index in [2.05, 4.69) is 0 Å². The first kappa shape index (κ1) is 21.7. The Morgan fingerprint density at radius 3 is 2.66 bits per heavy atom. The number of thioether (sulfide) groups is 1. The Bertz CT molecular complexity index is 1220. The number of imide groups is 1. The van der Waals surface area contributed by atoms with Gasteiger partial charge in [0.15, 0.2) is 11.5 Å². The Balaban J connectivity index is 1.53. The van der Waals surface area contributed by atoms with Crippen LogP contribution in [-0.4, -0.2) is 29.1 Å². The molecule has 0 unspecified atom stereocenters. The van der Waals surface area contributed by atoms with Crippen molar-refractivity contribution in [2.24, 2.45) is 0 Å². The number of hydrogen-bond donors (Lipinski definition) is 0. The summed E-state index contributed by atoms with van der Waals surface area (Å²) in [6, 6.07) is 14.9. The van der Waals surface area contributed by atoms with Crippen molar-refractivity contribution in [3.05, 3.63) is 87.7 Å². The summed E-state index contributed by atoms with van der Waals surface area (Å²) in [5, 5.41) is 0.108. The van der Waals surface area contributed by atoms with E-state index >= 15 is 0 Å². The Morgan fingerprint density at radius 1 is 1.12 bits per heavy atom.